The average molecular weight is 429 g/mol. The van der Waals surface area contributed by atoms with Gasteiger partial charge in [-0.05, 0) is 36.4 Å². The number of nitrogens with zero attached hydrogens (tertiary/aromatic N) is 1. The maximum absolute atomic E-state index is 12.3. The molecule has 0 radical (unpaired) electrons. The fraction of sp³-hybridized carbons (Fsp3) is 0.250. The lowest BCUT2D eigenvalue weighted by molar-refractivity contribution is 0.0952. The third-order valence-corrected chi connectivity index (χ3v) is 6.44. The third-order valence-electron chi connectivity index (χ3n) is 3.18. The number of hydrogen-bond acceptors (Lipinski definition) is 5. The first kappa shape index (κ1) is 19.0. The van der Waals surface area contributed by atoms with E-state index in [1.54, 1.807) is 25.3 Å². The quantitative estimate of drug-likeness (QED) is 0.732. The molecule has 0 saturated heterocycles. The molecule has 1 aromatic carbocycles. The Kier molecular flexibility index (Phi) is 6.82. The average Bonchev–Trinajstić information content (AvgIpc) is 2.57. The molecule has 0 aliphatic carbocycles. The van der Waals surface area contributed by atoms with E-state index in [2.05, 4.69) is 26.2 Å². The lowest BCUT2D eigenvalue weighted by atomic mass is 10.3. The van der Waals surface area contributed by atoms with Crippen molar-refractivity contribution in [1.29, 1.82) is 0 Å². The van der Waals surface area contributed by atoms with Crippen LogP contribution in [0.4, 0.5) is 0 Å². The highest BCUT2D eigenvalue weighted by molar-refractivity contribution is 9.10. The molecule has 2 rings (SSSR count). The SMILES string of the molecule is CCS(=O)(=O)CCNC(=O)c1cccnc1Sc1ccc(Br)cc1. The molecule has 1 aromatic heterocycles. The van der Waals surface area contributed by atoms with E-state index in [4.69, 9.17) is 0 Å². The topological polar surface area (TPSA) is 76.1 Å². The highest BCUT2D eigenvalue weighted by Crippen LogP contribution is 2.29. The van der Waals surface area contributed by atoms with Gasteiger partial charge in [-0.25, -0.2) is 13.4 Å². The molecule has 2 aromatic rings. The van der Waals surface area contributed by atoms with Crippen molar-refractivity contribution in [2.75, 3.05) is 18.1 Å². The van der Waals surface area contributed by atoms with Gasteiger partial charge in [0, 0.05) is 27.9 Å². The molecule has 0 bridgehead atoms. The first-order valence-corrected chi connectivity index (χ1v) is 10.7. The van der Waals surface area contributed by atoms with Gasteiger partial charge < -0.3 is 5.32 Å². The minimum Gasteiger partial charge on any atom is -0.351 e. The molecule has 1 amide bonds. The normalized spacial score (nSPS) is 11.2. The van der Waals surface area contributed by atoms with Crippen LogP contribution in [0.15, 0.2) is 57.0 Å². The molecule has 5 nitrogen and oxygen atoms in total. The van der Waals surface area contributed by atoms with E-state index in [0.717, 1.165) is 9.37 Å². The summed E-state index contributed by atoms with van der Waals surface area (Å²) in [5.41, 5.74) is 0.430. The number of carbonyl (C=O) groups is 1. The summed E-state index contributed by atoms with van der Waals surface area (Å²) in [4.78, 5) is 17.5. The van der Waals surface area contributed by atoms with Crippen molar-refractivity contribution in [2.45, 2.75) is 16.8 Å². The van der Waals surface area contributed by atoms with Gasteiger partial charge in [0.2, 0.25) is 0 Å². The molecule has 0 aliphatic rings. The van der Waals surface area contributed by atoms with Crippen molar-refractivity contribution in [2.24, 2.45) is 0 Å². The largest absolute Gasteiger partial charge is 0.351 e. The van der Waals surface area contributed by atoms with Gasteiger partial charge in [0.05, 0.1) is 11.3 Å². The second-order valence-corrected chi connectivity index (χ2v) is 9.36. The summed E-state index contributed by atoms with van der Waals surface area (Å²) < 4.78 is 23.9. The number of hydrogen-bond donors (Lipinski definition) is 1. The summed E-state index contributed by atoms with van der Waals surface area (Å²) in [6.07, 6.45) is 1.62. The lowest BCUT2D eigenvalue weighted by Crippen LogP contribution is -2.30. The van der Waals surface area contributed by atoms with E-state index in [-0.39, 0.29) is 24.0 Å². The van der Waals surface area contributed by atoms with E-state index in [1.165, 1.54) is 11.8 Å². The molecule has 0 spiro atoms. The van der Waals surface area contributed by atoms with Gasteiger partial charge in [0.15, 0.2) is 9.84 Å². The Hall–Kier alpha value is -1.38. The highest BCUT2D eigenvalue weighted by Gasteiger charge is 2.14. The number of aromatic nitrogens is 1. The summed E-state index contributed by atoms with van der Waals surface area (Å²) in [6.45, 7) is 1.68. The molecule has 0 aliphatic heterocycles. The first-order valence-electron chi connectivity index (χ1n) is 7.28. The molecule has 0 unspecified atom stereocenters. The molecule has 0 atom stereocenters. The van der Waals surface area contributed by atoms with Crippen LogP contribution < -0.4 is 5.32 Å². The number of benzene rings is 1. The number of sulfone groups is 1. The van der Waals surface area contributed by atoms with Crippen molar-refractivity contribution >= 4 is 43.4 Å². The van der Waals surface area contributed by atoms with Crippen molar-refractivity contribution in [1.82, 2.24) is 10.3 Å². The van der Waals surface area contributed by atoms with Crippen LogP contribution in [0.5, 0.6) is 0 Å². The maximum atomic E-state index is 12.3. The minimum absolute atomic E-state index is 0.0648. The molecule has 24 heavy (non-hydrogen) atoms. The highest BCUT2D eigenvalue weighted by atomic mass is 79.9. The molecule has 128 valence electrons. The van der Waals surface area contributed by atoms with E-state index in [0.29, 0.717) is 10.6 Å². The number of nitrogens with one attached hydrogen (secondary N) is 1. The summed E-state index contributed by atoms with van der Waals surface area (Å²) >= 11 is 4.76. The summed E-state index contributed by atoms with van der Waals surface area (Å²) in [5, 5.41) is 3.23. The fourth-order valence-corrected chi connectivity index (χ4v) is 3.66. The Morgan fingerprint density at radius 3 is 2.62 bits per heavy atom. The molecule has 0 saturated carbocycles. The van der Waals surface area contributed by atoms with Crippen molar-refractivity contribution in [3.63, 3.8) is 0 Å². The second-order valence-electron chi connectivity index (χ2n) is 4.90. The van der Waals surface area contributed by atoms with Crippen LogP contribution in [0.3, 0.4) is 0 Å². The van der Waals surface area contributed by atoms with Crippen LogP contribution >= 0.6 is 27.7 Å². The summed E-state index contributed by atoms with van der Waals surface area (Å²) in [7, 11) is -3.10. The molecule has 1 N–H and O–H groups in total. The number of amides is 1. The zero-order valence-electron chi connectivity index (χ0n) is 13.0. The summed E-state index contributed by atoms with van der Waals surface area (Å²) in [5.74, 6) is -0.320. The zero-order valence-corrected chi connectivity index (χ0v) is 16.2. The standard InChI is InChI=1S/C16H17BrN2O3S2/c1-2-24(21,22)11-10-18-15(20)14-4-3-9-19-16(14)23-13-7-5-12(17)6-8-13/h3-9H,2,10-11H2,1H3,(H,18,20). The second kappa shape index (κ2) is 8.64. The number of carbonyl (C=O) groups excluding carboxylic acids is 1. The van der Waals surface area contributed by atoms with Crippen LogP contribution in [0.2, 0.25) is 0 Å². The van der Waals surface area contributed by atoms with Crippen LogP contribution in [0.25, 0.3) is 0 Å². The molecular weight excluding hydrogens is 412 g/mol. The Labute approximate surface area is 154 Å². The Morgan fingerprint density at radius 2 is 1.96 bits per heavy atom. The Bertz CT molecular complexity index is 808. The van der Waals surface area contributed by atoms with E-state index in [1.807, 2.05) is 24.3 Å². The minimum atomic E-state index is -3.10. The molecule has 8 heteroatoms. The smallest absolute Gasteiger partial charge is 0.254 e. The number of rotatable bonds is 7. The van der Waals surface area contributed by atoms with Crippen molar-refractivity contribution in [3.8, 4) is 0 Å². The molecule has 1 heterocycles. The van der Waals surface area contributed by atoms with Crippen molar-refractivity contribution < 1.29 is 13.2 Å². The van der Waals surface area contributed by atoms with Crippen LogP contribution in [0.1, 0.15) is 17.3 Å². The van der Waals surface area contributed by atoms with E-state index >= 15 is 0 Å². The zero-order chi connectivity index (χ0) is 17.6. The van der Waals surface area contributed by atoms with Crippen LogP contribution in [0, 0.1) is 0 Å². The monoisotopic (exact) mass is 428 g/mol. The maximum Gasteiger partial charge on any atom is 0.254 e. The predicted molar refractivity (Wildman–Crippen MR) is 99.2 cm³/mol. The van der Waals surface area contributed by atoms with Crippen LogP contribution in [-0.2, 0) is 9.84 Å². The number of pyridine rings is 1. The van der Waals surface area contributed by atoms with E-state index in [9.17, 15) is 13.2 Å². The lowest BCUT2D eigenvalue weighted by Gasteiger charge is -2.09. The van der Waals surface area contributed by atoms with Crippen LogP contribution in [-0.4, -0.2) is 37.4 Å². The van der Waals surface area contributed by atoms with E-state index < -0.39 is 9.84 Å². The van der Waals surface area contributed by atoms with Gasteiger partial charge in [-0.2, -0.15) is 0 Å². The Balaban J connectivity index is 2.07. The van der Waals surface area contributed by atoms with Gasteiger partial charge in [-0.1, -0.05) is 34.6 Å². The van der Waals surface area contributed by atoms with Gasteiger partial charge in [0.1, 0.15) is 5.03 Å². The summed E-state index contributed by atoms with van der Waals surface area (Å²) in [6, 6.07) is 11.1. The Morgan fingerprint density at radius 1 is 1.25 bits per heavy atom. The van der Waals surface area contributed by atoms with Gasteiger partial charge >= 0.3 is 0 Å². The van der Waals surface area contributed by atoms with Gasteiger partial charge in [-0.15, -0.1) is 0 Å². The fourth-order valence-electron chi connectivity index (χ4n) is 1.82. The van der Waals surface area contributed by atoms with Gasteiger partial charge in [0.25, 0.3) is 5.91 Å². The van der Waals surface area contributed by atoms with Crippen molar-refractivity contribution in [3.05, 3.63) is 52.6 Å². The first-order chi connectivity index (χ1) is 11.4. The molecular formula is C16H17BrN2O3S2. The molecule has 0 fully saturated rings. The third kappa shape index (κ3) is 5.61. The predicted octanol–water partition coefficient (Wildman–Crippen LogP) is 3.16. The number of halogens is 1. The van der Waals surface area contributed by atoms with Gasteiger partial charge in [-0.3, -0.25) is 4.79 Å².